The Morgan fingerprint density at radius 2 is 2.11 bits per heavy atom. The molecule has 0 amide bonds. The zero-order valence-electron chi connectivity index (χ0n) is 10.7. The minimum atomic E-state index is 0.440. The van der Waals surface area contributed by atoms with Gasteiger partial charge >= 0.3 is 0 Å². The molecule has 0 radical (unpaired) electrons. The van der Waals surface area contributed by atoms with Gasteiger partial charge in [0, 0.05) is 17.9 Å². The lowest BCUT2D eigenvalue weighted by Crippen LogP contribution is -2.09. The molecule has 0 spiro atoms. The molecule has 0 unspecified atom stereocenters. The van der Waals surface area contributed by atoms with E-state index in [0.717, 1.165) is 5.03 Å². The first kappa shape index (κ1) is 14.1. The van der Waals surface area contributed by atoms with Crippen molar-refractivity contribution in [3.05, 3.63) is 17.0 Å². The average Bonchev–Trinajstić information content (AvgIpc) is 2.37. The zero-order chi connectivity index (χ0) is 12.8. The Morgan fingerprint density at radius 3 is 2.83 bits per heavy atom. The third-order valence-corrected chi connectivity index (χ3v) is 4.44. The highest BCUT2D eigenvalue weighted by atomic mass is 35.5. The van der Waals surface area contributed by atoms with E-state index >= 15 is 0 Å². The molecule has 1 aliphatic rings. The third-order valence-electron chi connectivity index (χ3n) is 2.99. The summed E-state index contributed by atoms with van der Waals surface area (Å²) in [6, 6.07) is 1.86. The summed E-state index contributed by atoms with van der Waals surface area (Å²) in [6.45, 7) is 3.07. The van der Waals surface area contributed by atoms with E-state index in [4.69, 9.17) is 16.3 Å². The topological polar surface area (TPSA) is 35.0 Å². The van der Waals surface area contributed by atoms with Crippen molar-refractivity contribution in [3.8, 4) is 0 Å². The van der Waals surface area contributed by atoms with Gasteiger partial charge < -0.3 is 4.74 Å². The Balaban J connectivity index is 1.99. The van der Waals surface area contributed by atoms with E-state index in [1.165, 1.54) is 32.1 Å². The van der Waals surface area contributed by atoms with Crippen LogP contribution in [0.2, 0.25) is 5.15 Å². The average molecular weight is 287 g/mol. The Kier molecular flexibility index (Phi) is 5.73. The van der Waals surface area contributed by atoms with Gasteiger partial charge in [-0.3, -0.25) is 0 Å². The Morgan fingerprint density at radius 1 is 1.33 bits per heavy atom. The Bertz CT molecular complexity index is 383. The van der Waals surface area contributed by atoms with Crippen LogP contribution in [0.5, 0.6) is 0 Å². The van der Waals surface area contributed by atoms with Gasteiger partial charge in [-0.1, -0.05) is 30.9 Å². The molecule has 0 atom stereocenters. The number of hydrogen-bond acceptors (Lipinski definition) is 4. The fourth-order valence-corrected chi connectivity index (χ4v) is 3.63. The molecular formula is C13H19ClN2OS. The van der Waals surface area contributed by atoms with Gasteiger partial charge in [0.2, 0.25) is 0 Å². The van der Waals surface area contributed by atoms with E-state index < -0.39 is 0 Å². The maximum Gasteiger partial charge on any atom is 0.156 e. The van der Waals surface area contributed by atoms with Gasteiger partial charge in [-0.2, -0.15) is 0 Å². The van der Waals surface area contributed by atoms with Gasteiger partial charge in [0.15, 0.2) is 5.82 Å². The maximum absolute atomic E-state index is 6.03. The quantitative estimate of drug-likeness (QED) is 0.764. The van der Waals surface area contributed by atoms with Crippen LogP contribution in [0.4, 0.5) is 0 Å². The van der Waals surface area contributed by atoms with E-state index in [2.05, 4.69) is 9.97 Å². The monoisotopic (exact) mass is 286 g/mol. The van der Waals surface area contributed by atoms with Gasteiger partial charge in [-0.15, -0.1) is 11.8 Å². The molecule has 3 nitrogen and oxygen atoms in total. The zero-order valence-corrected chi connectivity index (χ0v) is 12.3. The van der Waals surface area contributed by atoms with Gasteiger partial charge in [0.25, 0.3) is 0 Å². The summed E-state index contributed by atoms with van der Waals surface area (Å²) in [5.74, 6) is 0.683. The van der Waals surface area contributed by atoms with Crippen molar-refractivity contribution < 1.29 is 4.74 Å². The number of hydrogen-bond donors (Lipinski definition) is 0. The standard InChI is InChI=1S/C13H19ClN2OS/c1-2-17-9-12-15-11(14)8-13(16-12)18-10-6-4-3-5-7-10/h8,10H,2-7,9H2,1H3. The van der Waals surface area contributed by atoms with Crippen molar-refractivity contribution in [3.63, 3.8) is 0 Å². The fraction of sp³-hybridized carbons (Fsp3) is 0.692. The number of halogens is 1. The van der Waals surface area contributed by atoms with Crippen molar-refractivity contribution in [2.24, 2.45) is 0 Å². The molecule has 1 heterocycles. The first-order valence-corrected chi connectivity index (χ1v) is 7.81. The summed E-state index contributed by atoms with van der Waals surface area (Å²) >= 11 is 7.86. The van der Waals surface area contributed by atoms with Crippen LogP contribution in [0.1, 0.15) is 44.9 Å². The number of thioether (sulfide) groups is 1. The van der Waals surface area contributed by atoms with E-state index in [-0.39, 0.29) is 0 Å². The summed E-state index contributed by atoms with van der Waals surface area (Å²) in [5, 5.41) is 2.18. The Hall–Kier alpha value is -0.320. The summed E-state index contributed by atoms with van der Waals surface area (Å²) < 4.78 is 5.33. The molecule has 0 aromatic carbocycles. The number of ether oxygens (including phenoxy) is 1. The molecule has 1 saturated carbocycles. The summed E-state index contributed by atoms with van der Waals surface area (Å²) in [4.78, 5) is 8.69. The number of aromatic nitrogens is 2. The lowest BCUT2D eigenvalue weighted by atomic mass is 10.0. The van der Waals surface area contributed by atoms with Crippen molar-refractivity contribution in [2.45, 2.75) is 55.9 Å². The third kappa shape index (κ3) is 4.41. The van der Waals surface area contributed by atoms with Gasteiger partial charge in [-0.25, -0.2) is 9.97 Å². The second-order valence-electron chi connectivity index (χ2n) is 4.46. The second kappa shape index (κ2) is 7.31. The molecule has 0 aliphatic heterocycles. The highest BCUT2D eigenvalue weighted by Crippen LogP contribution is 2.33. The van der Waals surface area contributed by atoms with Gasteiger partial charge in [0.05, 0.1) is 0 Å². The number of nitrogens with zero attached hydrogens (tertiary/aromatic N) is 2. The van der Waals surface area contributed by atoms with E-state index in [1.54, 1.807) is 0 Å². The van der Waals surface area contributed by atoms with Crippen LogP contribution in [-0.2, 0) is 11.3 Å². The van der Waals surface area contributed by atoms with Crippen LogP contribution >= 0.6 is 23.4 Å². The normalized spacial score (nSPS) is 17.0. The summed E-state index contributed by atoms with van der Waals surface area (Å²) in [5.41, 5.74) is 0. The highest BCUT2D eigenvalue weighted by Gasteiger charge is 2.16. The maximum atomic E-state index is 6.03. The van der Waals surface area contributed by atoms with Crippen LogP contribution in [0, 0.1) is 0 Å². The fourth-order valence-electron chi connectivity index (χ4n) is 2.11. The van der Waals surface area contributed by atoms with Crippen molar-refractivity contribution in [1.29, 1.82) is 0 Å². The number of rotatable bonds is 5. The first-order chi connectivity index (χ1) is 8.78. The molecule has 0 saturated heterocycles. The van der Waals surface area contributed by atoms with Crippen LogP contribution in [0.3, 0.4) is 0 Å². The van der Waals surface area contributed by atoms with Crippen molar-refractivity contribution >= 4 is 23.4 Å². The molecule has 18 heavy (non-hydrogen) atoms. The van der Waals surface area contributed by atoms with E-state index in [1.807, 2.05) is 24.8 Å². The van der Waals surface area contributed by atoms with E-state index in [9.17, 15) is 0 Å². The predicted molar refractivity (Wildman–Crippen MR) is 75.1 cm³/mol. The van der Waals surface area contributed by atoms with E-state index in [0.29, 0.717) is 29.4 Å². The molecule has 2 rings (SSSR count). The Labute approximate surface area is 118 Å². The highest BCUT2D eigenvalue weighted by molar-refractivity contribution is 7.99. The van der Waals surface area contributed by atoms with Crippen LogP contribution in [0.25, 0.3) is 0 Å². The summed E-state index contributed by atoms with van der Waals surface area (Å²) in [7, 11) is 0. The molecular weight excluding hydrogens is 268 g/mol. The van der Waals surface area contributed by atoms with Crippen LogP contribution in [-0.4, -0.2) is 21.8 Å². The smallest absolute Gasteiger partial charge is 0.156 e. The molecule has 100 valence electrons. The van der Waals surface area contributed by atoms with Gasteiger partial charge in [-0.05, 0) is 19.8 Å². The van der Waals surface area contributed by atoms with Crippen LogP contribution < -0.4 is 0 Å². The van der Waals surface area contributed by atoms with Gasteiger partial charge in [0.1, 0.15) is 16.8 Å². The second-order valence-corrected chi connectivity index (χ2v) is 6.17. The molecule has 1 aliphatic carbocycles. The van der Waals surface area contributed by atoms with Crippen molar-refractivity contribution in [2.75, 3.05) is 6.61 Å². The molecule has 0 bridgehead atoms. The minimum absolute atomic E-state index is 0.440. The molecule has 1 aromatic rings. The predicted octanol–water partition coefficient (Wildman–Crippen LogP) is 4.09. The van der Waals surface area contributed by atoms with Crippen molar-refractivity contribution in [1.82, 2.24) is 9.97 Å². The molecule has 1 aromatic heterocycles. The molecule has 0 N–H and O–H groups in total. The SMILES string of the molecule is CCOCc1nc(Cl)cc(SC2CCCCC2)n1. The first-order valence-electron chi connectivity index (χ1n) is 6.56. The lowest BCUT2D eigenvalue weighted by molar-refractivity contribution is 0.128. The largest absolute Gasteiger partial charge is 0.374 e. The summed E-state index contributed by atoms with van der Waals surface area (Å²) in [6.07, 6.45) is 6.61. The molecule has 5 heteroatoms. The minimum Gasteiger partial charge on any atom is -0.374 e. The lowest BCUT2D eigenvalue weighted by Gasteiger charge is -2.20. The molecule has 1 fully saturated rings. The van der Waals surface area contributed by atoms with Crippen LogP contribution in [0.15, 0.2) is 11.1 Å².